The lowest BCUT2D eigenvalue weighted by molar-refractivity contribution is -0.138. The maximum atomic E-state index is 13.2. The highest BCUT2D eigenvalue weighted by Gasteiger charge is 2.29. The summed E-state index contributed by atoms with van der Waals surface area (Å²) in [5.74, 6) is -1.27. The molecule has 1 atom stereocenters. The summed E-state index contributed by atoms with van der Waals surface area (Å²) in [6.07, 6.45) is 1.92. The number of carboxylic acids is 1. The van der Waals surface area contributed by atoms with Gasteiger partial charge < -0.3 is 15.7 Å². The zero-order valence-electron chi connectivity index (χ0n) is 22.9. The molecule has 0 radical (unpaired) electrons. The SMILES string of the molecule is Cc1cc(C)c(S(=O)(=O)N[C@@H](Cc2ccc(-c3cccc(Nc4c(NC5CC5)c(=O)c4=O)c3)cc2)C(=O)O)c(C)c1. The standard InChI is InChI=1S/C31H31N3O6S/c1-17-13-18(2)30(19(3)14-17)41(39,40)34-25(31(37)38)15-20-7-9-21(10-8-20)22-5-4-6-24(16-22)33-27-26(28(35)29(27)36)32-23-11-12-23/h4-10,13-14,16,23,25,32-34H,11-12,15H2,1-3H3,(H,37,38)/t25-/m0/s1. The molecule has 0 aromatic heterocycles. The molecule has 4 aromatic carbocycles. The molecule has 212 valence electrons. The van der Waals surface area contributed by atoms with E-state index in [-0.39, 0.29) is 23.0 Å². The van der Waals surface area contributed by atoms with Gasteiger partial charge >= 0.3 is 5.97 Å². The average molecular weight is 574 g/mol. The van der Waals surface area contributed by atoms with Crippen molar-refractivity contribution in [3.05, 3.63) is 103 Å². The van der Waals surface area contributed by atoms with Crippen LogP contribution >= 0.6 is 0 Å². The largest absolute Gasteiger partial charge is 0.480 e. The number of hydrogen-bond donors (Lipinski definition) is 4. The Labute approximate surface area is 238 Å². The van der Waals surface area contributed by atoms with E-state index in [1.807, 2.05) is 37.3 Å². The van der Waals surface area contributed by atoms with Crippen molar-refractivity contribution in [3.63, 3.8) is 0 Å². The van der Waals surface area contributed by atoms with Crippen LogP contribution in [0.15, 0.2) is 75.1 Å². The Balaban J connectivity index is 1.30. The predicted octanol–water partition coefficient (Wildman–Crippen LogP) is 4.17. The number of carbonyl (C=O) groups is 1. The molecule has 5 rings (SSSR count). The molecule has 4 aromatic rings. The Hall–Kier alpha value is -4.28. The van der Waals surface area contributed by atoms with Gasteiger partial charge in [-0.05, 0) is 80.0 Å². The summed E-state index contributed by atoms with van der Waals surface area (Å²) in [5.41, 5.74) is 4.59. The van der Waals surface area contributed by atoms with Crippen LogP contribution in [0.4, 0.5) is 17.1 Å². The van der Waals surface area contributed by atoms with Gasteiger partial charge in [0.15, 0.2) is 0 Å². The molecular weight excluding hydrogens is 542 g/mol. The molecule has 0 heterocycles. The number of nitrogens with one attached hydrogen (secondary N) is 3. The van der Waals surface area contributed by atoms with Crippen molar-refractivity contribution in [2.45, 2.75) is 57.0 Å². The van der Waals surface area contributed by atoms with Gasteiger partial charge in [-0.2, -0.15) is 4.72 Å². The zero-order valence-corrected chi connectivity index (χ0v) is 23.8. The fourth-order valence-electron chi connectivity index (χ4n) is 5.09. The van der Waals surface area contributed by atoms with Crippen LogP contribution in [0.5, 0.6) is 0 Å². The Kier molecular flexibility index (Phi) is 7.54. The lowest BCUT2D eigenvalue weighted by atomic mass is 10.0. The van der Waals surface area contributed by atoms with Gasteiger partial charge in [0.1, 0.15) is 17.4 Å². The summed E-state index contributed by atoms with van der Waals surface area (Å²) in [4.78, 5) is 36.2. The smallest absolute Gasteiger partial charge is 0.322 e. The molecule has 0 saturated heterocycles. The van der Waals surface area contributed by atoms with E-state index in [4.69, 9.17) is 0 Å². The van der Waals surface area contributed by atoms with Gasteiger partial charge in [-0.25, -0.2) is 8.42 Å². The minimum atomic E-state index is -4.07. The van der Waals surface area contributed by atoms with Crippen LogP contribution < -0.4 is 26.2 Å². The monoisotopic (exact) mass is 573 g/mol. The molecule has 10 heteroatoms. The van der Waals surface area contributed by atoms with Crippen LogP contribution in [0, 0.1) is 20.8 Å². The van der Waals surface area contributed by atoms with Gasteiger partial charge in [0.25, 0.3) is 10.9 Å². The maximum absolute atomic E-state index is 13.2. The Morgan fingerprint density at radius 1 is 0.902 bits per heavy atom. The molecule has 1 saturated carbocycles. The van der Waals surface area contributed by atoms with E-state index in [9.17, 15) is 27.9 Å². The van der Waals surface area contributed by atoms with Gasteiger partial charge in [0.05, 0.1) is 4.90 Å². The normalized spacial score (nSPS) is 14.1. The molecule has 0 unspecified atom stereocenters. The lowest BCUT2D eigenvalue weighted by Crippen LogP contribution is -2.42. The minimum Gasteiger partial charge on any atom is -0.480 e. The third-order valence-electron chi connectivity index (χ3n) is 7.16. The second-order valence-electron chi connectivity index (χ2n) is 10.7. The van der Waals surface area contributed by atoms with Crippen molar-refractivity contribution >= 4 is 33.1 Å². The van der Waals surface area contributed by atoms with Gasteiger partial charge in [0.2, 0.25) is 10.0 Å². The Morgan fingerprint density at radius 3 is 2.15 bits per heavy atom. The van der Waals surface area contributed by atoms with Gasteiger partial charge in [0, 0.05) is 11.7 Å². The first kappa shape index (κ1) is 28.3. The minimum absolute atomic E-state index is 0.0402. The average Bonchev–Trinajstić information content (AvgIpc) is 3.74. The van der Waals surface area contributed by atoms with Crippen LogP contribution in [0.1, 0.15) is 35.1 Å². The number of carboxylic acid groups (broad SMARTS) is 1. The molecule has 1 aliphatic carbocycles. The highest BCUT2D eigenvalue weighted by molar-refractivity contribution is 7.89. The van der Waals surface area contributed by atoms with Crippen LogP contribution in [-0.2, 0) is 21.2 Å². The van der Waals surface area contributed by atoms with E-state index in [2.05, 4.69) is 15.4 Å². The second-order valence-corrected chi connectivity index (χ2v) is 12.3. The van der Waals surface area contributed by atoms with Crippen molar-refractivity contribution in [2.24, 2.45) is 0 Å². The summed E-state index contributed by atoms with van der Waals surface area (Å²) in [5, 5.41) is 16.0. The van der Waals surface area contributed by atoms with Crippen molar-refractivity contribution in [1.29, 1.82) is 0 Å². The van der Waals surface area contributed by atoms with Gasteiger partial charge in [-0.1, -0.05) is 54.1 Å². The first-order valence-corrected chi connectivity index (χ1v) is 14.8. The van der Waals surface area contributed by atoms with Crippen LogP contribution in [0.2, 0.25) is 0 Å². The predicted molar refractivity (Wildman–Crippen MR) is 159 cm³/mol. The lowest BCUT2D eigenvalue weighted by Gasteiger charge is -2.18. The first-order chi connectivity index (χ1) is 19.4. The summed E-state index contributed by atoms with van der Waals surface area (Å²) in [6, 6.07) is 17.0. The topological polar surface area (TPSA) is 142 Å². The highest BCUT2D eigenvalue weighted by atomic mass is 32.2. The molecule has 0 aliphatic heterocycles. The summed E-state index contributed by atoms with van der Waals surface area (Å²) in [6.45, 7) is 5.26. The summed E-state index contributed by atoms with van der Waals surface area (Å²) < 4.78 is 28.7. The summed E-state index contributed by atoms with van der Waals surface area (Å²) in [7, 11) is -4.07. The maximum Gasteiger partial charge on any atom is 0.322 e. The van der Waals surface area contributed by atoms with E-state index in [1.165, 1.54) is 0 Å². The molecule has 4 N–H and O–H groups in total. The number of hydrogen-bond acceptors (Lipinski definition) is 7. The van der Waals surface area contributed by atoms with Crippen molar-refractivity contribution < 1.29 is 18.3 Å². The molecule has 9 nitrogen and oxygen atoms in total. The zero-order chi connectivity index (χ0) is 29.5. The highest BCUT2D eigenvalue weighted by Crippen LogP contribution is 2.30. The van der Waals surface area contributed by atoms with E-state index >= 15 is 0 Å². The molecular formula is C31H31N3O6S. The van der Waals surface area contributed by atoms with Gasteiger partial charge in [-0.3, -0.25) is 14.4 Å². The molecule has 1 aliphatic rings. The van der Waals surface area contributed by atoms with Crippen LogP contribution in [-0.4, -0.2) is 31.6 Å². The Morgan fingerprint density at radius 2 is 1.54 bits per heavy atom. The Bertz CT molecular complexity index is 1790. The first-order valence-electron chi connectivity index (χ1n) is 13.3. The van der Waals surface area contributed by atoms with Crippen molar-refractivity contribution in [2.75, 3.05) is 10.6 Å². The molecule has 0 bridgehead atoms. The van der Waals surface area contributed by atoms with E-state index in [0.29, 0.717) is 28.1 Å². The fourth-order valence-corrected chi connectivity index (χ4v) is 6.73. The number of aryl methyl sites for hydroxylation is 3. The third kappa shape index (κ3) is 6.08. The van der Waals surface area contributed by atoms with Crippen LogP contribution in [0.25, 0.3) is 11.1 Å². The number of benzene rings is 3. The van der Waals surface area contributed by atoms with E-state index in [0.717, 1.165) is 29.5 Å². The van der Waals surface area contributed by atoms with Crippen molar-refractivity contribution in [1.82, 2.24) is 4.72 Å². The van der Waals surface area contributed by atoms with Gasteiger partial charge in [-0.15, -0.1) is 0 Å². The molecule has 0 amide bonds. The van der Waals surface area contributed by atoms with Crippen molar-refractivity contribution in [3.8, 4) is 11.1 Å². The molecule has 1 fully saturated rings. The molecule has 0 spiro atoms. The molecule has 41 heavy (non-hydrogen) atoms. The second kappa shape index (κ2) is 10.9. The fraction of sp³-hybridized carbons (Fsp3) is 0.258. The number of sulfonamides is 1. The third-order valence-corrected chi connectivity index (χ3v) is 8.94. The van der Waals surface area contributed by atoms with E-state index in [1.54, 1.807) is 44.2 Å². The quantitative estimate of drug-likeness (QED) is 0.196. The summed E-state index contributed by atoms with van der Waals surface area (Å²) >= 11 is 0. The number of rotatable bonds is 11. The number of aliphatic carboxylic acids is 1. The van der Waals surface area contributed by atoms with Crippen LogP contribution in [0.3, 0.4) is 0 Å². The van der Waals surface area contributed by atoms with E-state index < -0.39 is 32.9 Å². The number of anilines is 3.